The Hall–Kier alpha value is -2.30. The Kier molecular flexibility index (Phi) is 3.64. The number of H-pyrrole nitrogens is 1. The number of amides is 1. The third-order valence-electron chi connectivity index (χ3n) is 4.12. The van der Waals surface area contributed by atoms with Crippen molar-refractivity contribution in [2.45, 2.75) is 31.7 Å². The van der Waals surface area contributed by atoms with E-state index in [1.165, 1.54) is 0 Å². The Balaban J connectivity index is 1.92. The van der Waals surface area contributed by atoms with Gasteiger partial charge >= 0.3 is 5.97 Å². The molecule has 1 fully saturated rings. The number of rotatable bonds is 3. The van der Waals surface area contributed by atoms with E-state index in [2.05, 4.69) is 4.98 Å². The fraction of sp³-hybridized carbons (Fsp3) is 0.375. The molecule has 1 aliphatic rings. The number of likely N-dealkylation sites (tertiary alicyclic amines) is 1. The quantitative estimate of drug-likeness (QED) is 0.911. The summed E-state index contributed by atoms with van der Waals surface area (Å²) in [5.74, 6) is -0.911. The van der Waals surface area contributed by atoms with Gasteiger partial charge in [-0.3, -0.25) is 9.59 Å². The highest BCUT2D eigenvalue weighted by Gasteiger charge is 2.29. The summed E-state index contributed by atoms with van der Waals surface area (Å²) in [4.78, 5) is 28.7. The molecule has 1 amide bonds. The van der Waals surface area contributed by atoms with Gasteiger partial charge in [0.05, 0.1) is 6.42 Å². The zero-order valence-electron chi connectivity index (χ0n) is 11.7. The molecule has 2 aromatic rings. The van der Waals surface area contributed by atoms with Crippen molar-refractivity contribution in [3.63, 3.8) is 0 Å². The molecular weight excluding hydrogens is 268 g/mol. The second-order valence-corrected chi connectivity index (χ2v) is 5.49. The molecule has 1 aromatic heterocycles. The molecule has 0 aliphatic carbocycles. The van der Waals surface area contributed by atoms with Crippen molar-refractivity contribution in [2.75, 3.05) is 6.54 Å². The van der Waals surface area contributed by atoms with Gasteiger partial charge in [0, 0.05) is 35.2 Å². The SMILES string of the molecule is O=C(O)CC1CCCCN1C(=O)c1cccc2[nH]ccc12. The molecule has 5 heteroatoms. The Morgan fingerprint density at radius 1 is 1.29 bits per heavy atom. The number of nitrogens with one attached hydrogen (secondary N) is 1. The van der Waals surface area contributed by atoms with E-state index < -0.39 is 5.97 Å². The van der Waals surface area contributed by atoms with Crippen LogP contribution in [0, 0.1) is 0 Å². The lowest BCUT2D eigenvalue weighted by molar-refractivity contribution is -0.138. The van der Waals surface area contributed by atoms with Crippen molar-refractivity contribution in [1.29, 1.82) is 0 Å². The summed E-state index contributed by atoms with van der Waals surface area (Å²) in [6, 6.07) is 7.28. The molecule has 1 aromatic carbocycles. The Bertz CT molecular complexity index is 677. The summed E-state index contributed by atoms with van der Waals surface area (Å²) in [7, 11) is 0. The number of fused-ring (bicyclic) bond motifs is 1. The van der Waals surface area contributed by atoms with Gasteiger partial charge in [0.15, 0.2) is 0 Å². The van der Waals surface area contributed by atoms with Crippen LogP contribution in [0.4, 0.5) is 0 Å². The van der Waals surface area contributed by atoms with Gasteiger partial charge in [-0.1, -0.05) is 6.07 Å². The minimum atomic E-state index is -0.848. The molecule has 0 saturated carbocycles. The van der Waals surface area contributed by atoms with E-state index in [9.17, 15) is 9.59 Å². The number of hydrogen-bond donors (Lipinski definition) is 2. The number of carboxylic acid groups (broad SMARTS) is 1. The van der Waals surface area contributed by atoms with Crippen LogP contribution in [0.2, 0.25) is 0 Å². The predicted octanol–water partition coefficient (Wildman–Crippen LogP) is 2.64. The molecule has 21 heavy (non-hydrogen) atoms. The zero-order valence-corrected chi connectivity index (χ0v) is 11.7. The van der Waals surface area contributed by atoms with Crippen LogP contribution in [0.15, 0.2) is 30.5 Å². The summed E-state index contributed by atoms with van der Waals surface area (Å²) in [5, 5.41) is 9.92. The number of piperidine rings is 1. The van der Waals surface area contributed by atoms with E-state index in [0.717, 1.165) is 30.2 Å². The fourth-order valence-electron chi connectivity index (χ4n) is 3.11. The van der Waals surface area contributed by atoms with Gasteiger partial charge < -0.3 is 15.0 Å². The maximum absolute atomic E-state index is 12.8. The van der Waals surface area contributed by atoms with E-state index >= 15 is 0 Å². The van der Waals surface area contributed by atoms with E-state index in [1.54, 1.807) is 4.90 Å². The number of benzene rings is 1. The number of carboxylic acids is 1. The van der Waals surface area contributed by atoms with Gasteiger partial charge in [-0.2, -0.15) is 0 Å². The molecule has 2 N–H and O–H groups in total. The molecular formula is C16H18N2O3. The van der Waals surface area contributed by atoms with Crippen LogP contribution in [0.1, 0.15) is 36.0 Å². The molecule has 5 nitrogen and oxygen atoms in total. The van der Waals surface area contributed by atoms with Crippen LogP contribution >= 0.6 is 0 Å². The normalized spacial score (nSPS) is 18.9. The molecule has 2 heterocycles. The first kappa shape index (κ1) is 13.7. The van der Waals surface area contributed by atoms with Crippen LogP contribution in [-0.2, 0) is 4.79 Å². The molecule has 0 radical (unpaired) electrons. The van der Waals surface area contributed by atoms with E-state index in [-0.39, 0.29) is 18.4 Å². The number of aromatic nitrogens is 1. The summed E-state index contributed by atoms with van der Waals surface area (Å²) < 4.78 is 0. The first-order chi connectivity index (χ1) is 10.2. The van der Waals surface area contributed by atoms with Gasteiger partial charge in [0.25, 0.3) is 5.91 Å². The summed E-state index contributed by atoms with van der Waals surface area (Å²) in [6.07, 6.45) is 4.52. The van der Waals surface area contributed by atoms with Crippen molar-refractivity contribution in [3.8, 4) is 0 Å². The van der Waals surface area contributed by atoms with Gasteiger partial charge in [0.1, 0.15) is 0 Å². The summed E-state index contributed by atoms with van der Waals surface area (Å²) >= 11 is 0. The van der Waals surface area contributed by atoms with Gasteiger partial charge in [-0.25, -0.2) is 0 Å². The number of aliphatic carboxylic acids is 1. The van der Waals surface area contributed by atoms with Crippen LogP contribution < -0.4 is 0 Å². The molecule has 1 atom stereocenters. The molecule has 0 spiro atoms. The molecule has 0 bridgehead atoms. The van der Waals surface area contributed by atoms with Crippen molar-refractivity contribution in [1.82, 2.24) is 9.88 Å². The standard InChI is InChI=1S/C16H18N2O3/c19-15(20)10-11-4-1-2-9-18(11)16(21)13-5-3-6-14-12(13)7-8-17-14/h3,5-8,11,17H,1-2,4,9-10H2,(H,19,20). The highest BCUT2D eigenvalue weighted by atomic mass is 16.4. The van der Waals surface area contributed by atoms with Crippen molar-refractivity contribution >= 4 is 22.8 Å². The topological polar surface area (TPSA) is 73.4 Å². The third kappa shape index (κ3) is 2.63. The van der Waals surface area contributed by atoms with Gasteiger partial charge in [-0.05, 0) is 37.5 Å². The minimum absolute atomic E-state index is 0.0227. The maximum atomic E-state index is 12.8. The smallest absolute Gasteiger partial charge is 0.305 e. The van der Waals surface area contributed by atoms with E-state index in [4.69, 9.17) is 5.11 Å². The lowest BCUT2D eigenvalue weighted by Gasteiger charge is -2.35. The molecule has 1 aliphatic heterocycles. The van der Waals surface area contributed by atoms with Crippen molar-refractivity contribution in [2.24, 2.45) is 0 Å². The van der Waals surface area contributed by atoms with Crippen LogP contribution in [0.25, 0.3) is 10.9 Å². The van der Waals surface area contributed by atoms with Gasteiger partial charge in [-0.15, -0.1) is 0 Å². The molecule has 1 unspecified atom stereocenters. The maximum Gasteiger partial charge on any atom is 0.305 e. The number of nitrogens with zero attached hydrogens (tertiary/aromatic N) is 1. The number of aromatic amines is 1. The second-order valence-electron chi connectivity index (χ2n) is 5.49. The second kappa shape index (κ2) is 5.60. The minimum Gasteiger partial charge on any atom is -0.481 e. The zero-order chi connectivity index (χ0) is 14.8. The highest BCUT2D eigenvalue weighted by molar-refractivity contribution is 6.06. The van der Waals surface area contributed by atoms with Crippen LogP contribution in [0.3, 0.4) is 0 Å². The predicted molar refractivity (Wildman–Crippen MR) is 79.2 cm³/mol. The summed E-state index contributed by atoms with van der Waals surface area (Å²) in [6.45, 7) is 0.636. The van der Waals surface area contributed by atoms with Crippen LogP contribution in [0.5, 0.6) is 0 Å². The largest absolute Gasteiger partial charge is 0.481 e. The van der Waals surface area contributed by atoms with Gasteiger partial charge in [0.2, 0.25) is 0 Å². The lowest BCUT2D eigenvalue weighted by atomic mass is 9.97. The first-order valence-electron chi connectivity index (χ1n) is 7.25. The van der Waals surface area contributed by atoms with Crippen LogP contribution in [-0.4, -0.2) is 39.5 Å². The lowest BCUT2D eigenvalue weighted by Crippen LogP contribution is -2.44. The Labute approximate surface area is 122 Å². The average molecular weight is 286 g/mol. The first-order valence-corrected chi connectivity index (χ1v) is 7.25. The third-order valence-corrected chi connectivity index (χ3v) is 4.12. The van der Waals surface area contributed by atoms with E-state index in [1.807, 2.05) is 30.5 Å². The van der Waals surface area contributed by atoms with E-state index in [0.29, 0.717) is 12.1 Å². The highest BCUT2D eigenvalue weighted by Crippen LogP contribution is 2.25. The fourth-order valence-corrected chi connectivity index (χ4v) is 3.11. The molecule has 3 rings (SSSR count). The summed E-state index contributed by atoms with van der Waals surface area (Å²) in [5.41, 5.74) is 1.57. The molecule has 110 valence electrons. The van der Waals surface area contributed by atoms with Crippen molar-refractivity contribution in [3.05, 3.63) is 36.0 Å². The molecule has 1 saturated heterocycles. The Morgan fingerprint density at radius 2 is 2.14 bits per heavy atom. The Morgan fingerprint density at radius 3 is 2.95 bits per heavy atom. The number of carbonyl (C=O) groups is 2. The average Bonchev–Trinajstić information content (AvgIpc) is 2.95. The number of hydrogen-bond acceptors (Lipinski definition) is 2. The number of carbonyl (C=O) groups excluding carboxylic acids is 1. The van der Waals surface area contributed by atoms with Crippen molar-refractivity contribution < 1.29 is 14.7 Å². The monoisotopic (exact) mass is 286 g/mol.